The molecule has 0 spiro atoms. The molecule has 2 N–H and O–H groups in total. The smallest absolute Gasteiger partial charge is 0.262 e. The van der Waals surface area contributed by atoms with E-state index in [-0.39, 0.29) is 5.56 Å². The third-order valence-electron chi connectivity index (χ3n) is 4.31. The summed E-state index contributed by atoms with van der Waals surface area (Å²) in [6.45, 7) is 3.00. The fraction of sp³-hybridized carbons (Fsp3) is 0.211. The molecule has 0 aliphatic carbocycles. The van der Waals surface area contributed by atoms with E-state index in [0.29, 0.717) is 30.5 Å². The van der Waals surface area contributed by atoms with E-state index >= 15 is 0 Å². The van der Waals surface area contributed by atoms with E-state index in [4.69, 9.17) is 9.15 Å². The molecule has 3 aromatic rings. The number of rotatable bonds is 4. The highest BCUT2D eigenvalue weighted by atomic mass is 16.5. The van der Waals surface area contributed by atoms with Crippen molar-refractivity contribution in [3.63, 3.8) is 0 Å². The highest BCUT2D eigenvalue weighted by molar-refractivity contribution is 6.03. The van der Waals surface area contributed by atoms with Gasteiger partial charge in [-0.05, 0) is 36.4 Å². The lowest BCUT2D eigenvalue weighted by atomic mass is 10.2. The lowest BCUT2D eigenvalue weighted by Crippen LogP contribution is -2.36. The van der Waals surface area contributed by atoms with Crippen LogP contribution in [0.3, 0.4) is 0 Å². The summed E-state index contributed by atoms with van der Waals surface area (Å²) in [6.07, 6.45) is 3.21. The van der Waals surface area contributed by atoms with Gasteiger partial charge in [0.1, 0.15) is 17.1 Å². The quantitative estimate of drug-likeness (QED) is 0.734. The number of anilines is 2. The monoisotopic (exact) mass is 366 g/mol. The number of ether oxygens (including phenoxy) is 1. The minimum Gasteiger partial charge on any atom is -0.463 e. The third-order valence-corrected chi connectivity index (χ3v) is 4.31. The van der Waals surface area contributed by atoms with Crippen molar-refractivity contribution in [3.8, 4) is 11.5 Å². The molecule has 0 atom stereocenters. The number of nitrogens with zero attached hydrogens (tertiary/aromatic N) is 2. The number of hydrogen-bond donors (Lipinski definition) is 2. The Morgan fingerprint density at radius 3 is 2.67 bits per heavy atom. The summed E-state index contributed by atoms with van der Waals surface area (Å²) >= 11 is 0. The zero-order valence-electron chi connectivity index (χ0n) is 14.5. The van der Waals surface area contributed by atoms with Crippen LogP contribution in [0.4, 0.5) is 11.5 Å². The van der Waals surface area contributed by atoms with Crippen molar-refractivity contribution < 1.29 is 13.9 Å². The van der Waals surface area contributed by atoms with E-state index in [9.17, 15) is 9.59 Å². The van der Waals surface area contributed by atoms with Gasteiger partial charge in [-0.25, -0.2) is 4.98 Å². The van der Waals surface area contributed by atoms with E-state index in [0.717, 1.165) is 18.8 Å². The SMILES string of the molecule is O=C(Nc1ccc(N2CCOCC2)cn1)c1ccc(-c2ccco2)[nH]c1=O. The molecule has 0 aromatic carbocycles. The molecule has 1 saturated heterocycles. The van der Waals surface area contributed by atoms with Gasteiger partial charge in [-0.2, -0.15) is 0 Å². The molecule has 1 aliphatic rings. The summed E-state index contributed by atoms with van der Waals surface area (Å²) in [6, 6.07) is 10.1. The molecule has 8 heteroatoms. The molecule has 0 saturated carbocycles. The van der Waals surface area contributed by atoms with Crippen LogP contribution in [0.2, 0.25) is 0 Å². The number of pyridine rings is 2. The zero-order valence-corrected chi connectivity index (χ0v) is 14.5. The highest BCUT2D eigenvalue weighted by Crippen LogP contribution is 2.18. The average molecular weight is 366 g/mol. The fourth-order valence-corrected chi connectivity index (χ4v) is 2.88. The van der Waals surface area contributed by atoms with Gasteiger partial charge in [0.2, 0.25) is 0 Å². The largest absolute Gasteiger partial charge is 0.463 e. The number of aromatic amines is 1. The molecule has 138 valence electrons. The molecule has 4 rings (SSSR count). The van der Waals surface area contributed by atoms with Crippen LogP contribution < -0.4 is 15.8 Å². The summed E-state index contributed by atoms with van der Waals surface area (Å²) in [7, 11) is 0. The Balaban J connectivity index is 1.46. The van der Waals surface area contributed by atoms with Crippen LogP contribution in [-0.4, -0.2) is 42.2 Å². The number of H-pyrrole nitrogens is 1. The molecule has 3 aromatic heterocycles. The molecule has 1 aliphatic heterocycles. The first kappa shape index (κ1) is 17.0. The van der Waals surface area contributed by atoms with Gasteiger partial charge in [-0.3, -0.25) is 9.59 Å². The Kier molecular flexibility index (Phi) is 4.71. The highest BCUT2D eigenvalue weighted by Gasteiger charge is 2.14. The van der Waals surface area contributed by atoms with Crippen LogP contribution in [0.5, 0.6) is 0 Å². The molecule has 4 heterocycles. The second-order valence-corrected chi connectivity index (χ2v) is 6.05. The van der Waals surface area contributed by atoms with Crippen LogP contribution in [0.1, 0.15) is 10.4 Å². The number of carbonyl (C=O) groups excluding carboxylic acids is 1. The third kappa shape index (κ3) is 3.75. The maximum atomic E-state index is 12.4. The Bertz CT molecular complexity index is 974. The van der Waals surface area contributed by atoms with E-state index in [1.54, 1.807) is 30.5 Å². The maximum absolute atomic E-state index is 12.4. The van der Waals surface area contributed by atoms with Crippen LogP contribution >= 0.6 is 0 Å². The van der Waals surface area contributed by atoms with Crippen LogP contribution in [0.15, 0.2) is 58.1 Å². The molecule has 0 radical (unpaired) electrons. The second kappa shape index (κ2) is 7.46. The molecule has 0 bridgehead atoms. The van der Waals surface area contributed by atoms with Crippen molar-refractivity contribution in [2.24, 2.45) is 0 Å². The lowest BCUT2D eigenvalue weighted by molar-refractivity contribution is 0.102. The van der Waals surface area contributed by atoms with Gasteiger partial charge in [0.15, 0.2) is 0 Å². The van der Waals surface area contributed by atoms with E-state index in [1.807, 2.05) is 6.07 Å². The summed E-state index contributed by atoms with van der Waals surface area (Å²) in [5, 5.41) is 2.65. The van der Waals surface area contributed by atoms with Crippen molar-refractivity contribution in [3.05, 3.63) is 64.8 Å². The predicted octanol–water partition coefficient (Wildman–Crippen LogP) is 2.12. The molecular formula is C19H18N4O4. The van der Waals surface area contributed by atoms with Gasteiger partial charge in [0.25, 0.3) is 11.5 Å². The number of amides is 1. The standard InChI is InChI=1S/C19H18N4O4/c24-18-14(4-5-15(21-18)16-2-1-9-27-16)19(25)22-17-6-3-13(12-20-17)23-7-10-26-11-8-23/h1-6,9,12H,7-8,10-11H2,(H,21,24)(H,20,22,25). The van der Waals surface area contributed by atoms with Crippen molar-refractivity contribution in [1.82, 2.24) is 9.97 Å². The summed E-state index contributed by atoms with van der Waals surface area (Å²) in [5.41, 5.74) is 0.988. The lowest BCUT2D eigenvalue weighted by Gasteiger charge is -2.28. The van der Waals surface area contributed by atoms with Crippen molar-refractivity contribution in [2.45, 2.75) is 0 Å². The van der Waals surface area contributed by atoms with E-state index in [1.165, 1.54) is 12.3 Å². The minimum atomic E-state index is -0.520. The Morgan fingerprint density at radius 1 is 1.15 bits per heavy atom. The molecule has 8 nitrogen and oxygen atoms in total. The number of nitrogens with one attached hydrogen (secondary N) is 2. The van der Waals surface area contributed by atoms with Gasteiger partial charge in [-0.15, -0.1) is 0 Å². The van der Waals surface area contributed by atoms with Gasteiger partial charge < -0.3 is 24.4 Å². The summed E-state index contributed by atoms with van der Waals surface area (Å²) in [5.74, 6) is 0.389. The number of hydrogen-bond acceptors (Lipinski definition) is 6. The second-order valence-electron chi connectivity index (χ2n) is 6.05. The Morgan fingerprint density at radius 2 is 2.00 bits per heavy atom. The minimum absolute atomic E-state index is 0.00404. The van der Waals surface area contributed by atoms with Gasteiger partial charge in [0, 0.05) is 13.1 Å². The number of carbonyl (C=O) groups is 1. The predicted molar refractivity (Wildman–Crippen MR) is 100.0 cm³/mol. The zero-order chi connectivity index (χ0) is 18.6. The van der Waals surface area contributed by atoms with Crippen molar-refractivity contribution >= 4 is 17.4 Å². The molecule has 1 fully saturated rings. The first-order valence-electron chi connectivity index (χ1n) is 8.58. The number of furan rings is 1. The van der Waals surface area contributed by atoms with E-state index < -0.39 is 11.5 Å². The molecule has 0 unspecified atom stereocenters. The number of aromatic nitrogens is 2. The van der Waals surface area contributed by atoms with Crippen LogP contribution in [-0.2, 0) is 4.74 Å². The summed E-state index contributed by atoms with van der Waals surface area (Å²) in [4.78, 5) is 33.7. The average Bonchev–Trinajstić information content (AvgIpc) is 3.24. The van der Waals surface area contributed by atoms with Gasteiger partial charge >= 0.3 is 0 Å². The first-order valence-corrected chi connectivity index (χ1v) is 8.58. The molecule has 27 heavy (non-hydrogen) atoms. The number of morpholine rings is 1. The van der Waals surface area contributed by atoms with Crippen molar-refractivity contribution in [1.29, 1.82) is 0 Å². The maximum Gasteiger partial charge on any atom is 0.262 e. The normalized spacial score (nSPS) is 14.1. The Hall–Kier alpha value is -3.39. The summed E-state index contributed by atoms with van der Waals surface area (Å²) < 4.78 is 10.6. The first-order chi connectivity index (χ1) is 13.2. The fourth-order valence-electron chi connectivity index (χ4n) is 2.88. The molecule has 1 amide bonds. The van der Waals surface area contributed by atoms with Crippen LogP contribution in [0, 0.1) is 0 Å². The molecular weight excluding hydrogens is 348 g/mol. The van der Waals surface area contributed by atoms with Gasteiger partial charge in [0.05, 0.1) is 37.1 Å². The van der Waals surface area contributed by atoms with Gasteiger partial charge in [-0.1, -0.05) is 0 Å². The topological polar surface area (TPSA) is 100 Å². The van der Waals surface area contributed by atoms with Crippen LogP contribution in [0.25, 0.3) is 11.5 Å². The van der Waals surface area contributed by atoms with Crippen molar-refractivity contribution in [2.75, 3.05) is 36.5 Å². The van der Waals surface area contributed by atoms with E-state index in [2.05, 4.69) is 20.2 Å². The Labute approximate surface area is 154 Å².